The molecule has 1 aromatic heterocycles. The maximum Gasteiger partial charge on any atom is 0.243 e. The number of nitrogens with zero attached hydrogens (tertiary/aromatic N) is 2. The van der Waals surface area contributed by atoms with Crippen LogP contribution in [-0.4, -0.2) is 65.1 Å². The van der Waals surface area contributed by atoms with Gasteiger partial charge in [-0.25, -0.2) is 13.4 Å². The Morgan fingerprint density at radius 1 is 1.05 bits per heavy atom. The van der Waals surface area contributed by atoms with Crippen LogP contribution in [0.15, 0.2) is 46.7 Å². The molecule has 10 nitrogen and oxygen atoms in total. The lowest BCUT2D eigenvalue weighted by molar-refractivity contribution is -0.120. The molecule has 2 heterocycles. The smallest absolute Gasteiger partial charge is 0.243 e. The topological polar surface area (TPSA) is 119 Å². The van der Waals surface area contributed by atoms with Gasteiger partial charge in [-0.05, 0) is 43.2 Å². The molecule has 1 saturated heterocycles. The number of hydrogen-bond acceptors (Lipinski definition) is 9. The highest BCUT2D eigenvalue weighted by Gasteiger charge is 2.34. The van der Waals surface area contributed by atoms with Crippen molar-refractivity contribution >= 4 is 38.1 Å². The van der Waals surface area contributed by atoms with E-state index in [0.717, 1.165) is 16.4 Å². The van der Waals surface area contributed by atoms with Crippen molar-refractivity contribution < 1.29 is 27.4 Å². The molecule has 1 fully saturated rings. The lowest BCUT2D eigenvalue weighted by Gasteiger charge is -2.31. The Kier molecular flexibility index (Phi) is 8.20. The van der Waals surface area contributed by atoms with Gasteiger partial charge in [0.05, 0.1) is 43.5 Å². The summed E-state index contributed by atoms with van der Waals surface area (Å²) >= 11 is 1.48. The number of carbonyl (C=O) groups excluding carboxylic acids is 1. The number of methoxy groups -OCH3 is 3. The summed E-state index contributed by atoms with van der Waals surface area (Å²) in [5, 5.41) is 8.68. The fourth-order valence-corrected chi connectivity index (χ4v) is 6.44. The summed E-state index contributed by atoms with van der Waals surface area (Å²) in [6.07, 6.45) is 1.14. The third-order valence-electron chi connectivity index (χ3n) is 6.22. The lowest BCUT2D eigenvalue weighted by atomic mass is 9.98. The highest BCUT2D eigenvalue weighted by Crippen LogP contribution is 2.34. The molecule has 0 unspecified atom stereocenters. The van der Waals surface area contributed by atoms with Crippen LogP contribution in [0.4, 0.5) is 10.8 Å². The van der Waals surface area contributed by atoms with Gasteiger partial charge in [0, 0.05) is 37.1 Å². The second-order valence-corrected chi connectivity index (χ2v) is 11.2. The molecule has 1 amide bonds. The van der Waals surface area contributed by atoms with Crippen molar-refractivity contribution in [1.82, 2.24) is 9.29 Å². The van der Waals surface area contributed by atoms with Gasteiger partial charge in [0.1, 0.15) is 5.75 Å². The van der Waals surface area contributed by atoms with Crippen LogP contribution in [-0.2, 0) is 14.8 Å². The number of sulfonamides is 1. The summed E-state index contributed by atoms with van der Waals surface area (Å²) in [6.45, 7) is 0.402. The average molecular weight is 547 g/mol. The molecule has 198 valence electrons. The third kappa shape index (κ3) is 5.65. The van der Waals surface area contributed by atoms with Crippen molar-refractivity contribution in [3.05, 3.63) is 41.8 Å². The van der Waals surface area contributed by atoms with E-state index < -0.39 is 15.9 Å². The van der Waals surface area contributed by atoms with Crippen LogP contribution in [0, 0.1) is 5.92 Å². The number of piperidine rings is 1. The zero-order chi connectivity index (χ0) is 26.6. The van der Waals surface area contributed by atoms with Gasteiger partial charge in [-0.1, -0.05) is 0 Å². The Labute approximate surface area is 220 Å². The van der Waals surface area contributed by atoms with Gasteiger partial charge in [0.25, 0.3) is 0 Å². The molecule has 12 heteroatoms. The lowest BCUT2D eigenvalue weighted by Crippen LogP contribution is -2.43. The number of rotatable bonds is 9. The van der Waals surface area contributed by atoms with Crippen LogP contribution >= 0.6 is 11.3 Å². The van der Waals surface area contributed by atoms with Crippen LogP contribution in [0.2, 0.25) is 0 Å². The maximum absolute atomic E-state index is 13.4. The van der Waals surface area contributed by atoms with Crippen molar-refractivity contribution in [2.75, 3.05) is 52.1 Å². The van der Waals surface area contributed by atoms with Crippen LogP contribution in [0.3, 0.4) is 0 Å². The minimum atomic E-state index is -3.83. The molecule has 0 saturated carbocycles. The molecule has 2 N–H and O–H groups in total. The normalized spacial score (nSPS) is 16.2. The summed E-state index contributed by atoms with van der Waals surface area (Å²) in [5.74, 6) is 0.480. The highest BCUT2D eigenvalue weighted by atomic mass is 32.2. The van der Waals surface area contributed by atoms with Gasteiger partial charge in [0.15, 0.2) is 16.6 Å². The Bertz CT molecular complexity index is 1380. The van der Waals surface area contributed by atoms with Gasteiger partial charge in [0.2, 0.25) is 15.9 Å². The Morgan fingerprint density at radius 3 is 2.46 bits per heavy atom. The monoisotopic (exact) mass is 546 g/mol. The molecule has 4 rings (SSSR count). The third-order valence-corrected chi connectivity index (χ3v) is 8.94. The number of thiazole rings is 1. The van der Waals surface area contributed by atoms with Crippen LogP contribution in [0.1, 0.15) is 12.8 Å². The zero-order valence-corrected chi connectivity index (χ0v) is 22.7. The SMILES string of the molecule is CNc1nc(-c2ccc(OC)c(NC(=O)[C@H]3CCCN(S(=O)(=O)c4ccc(OC)c(OC)c4)C3)c2)cs1. The van der Waals surface area contributed by atoms with Gasteiger partial charge in [-0.3, -0.25) is 4.79 Å². The van der Waals surface area contributed by atoms with E-state index in [-0.39, 0.29) is 17.3 Å². The first kappa shape index (κ1) is 26.7. The molecule has 0 spiro atoms. The fraction of sp³-hybridized carbons (Fsp3) is 0.360. The molecule has 37 heavy (non-hydrogen) atoms. The number of benzene rings is 2. The fourth-order valence-electron chi connectivity index (χ4n) is 4.22. The zero-order valence-electron chi connectivity index (χ0n) is 21.1. The second kappa shape index (κ2) is 11.4. The Morgan fingerprint density at radius 2 is 1.78 bits per heavy atom. The quantitative estimate of drug-likeness (QED) is 0.415. The predicted octanol–water partition coefficient (Wildman–Crippen LogP) is 3.92. The summed E-state index contributed by atoms with van der Waals surface area (Å²) in [4.78, 5) is 17.9. The van der Waals surface area contributed by atoms with Crippen LogP contribution in [0.5, 0.6) is 17.2 Å². The predicted molar refractivity (Wildman–Crippen MR) is 143 cm³/mol. The minimum absolute atomic E-state index is 0.0716. The maximum atomic E-state index is 13.4. The van der Waals surface area contributed by atoms with E-state index in [1.165, 1.54) is 49.1 Å². The largest absolute Gasteiger partial charge is 0.495 e. The summed E-state index contributed by atoms with van der Waals surface area (Å²) in [5.41, 5.74) is 2.11. The van der Waals surface area contributed by atoms with Gasteiger partial charge in [-0.2, -0.15) is 4.31 Å². The summed E-state index contributed by atoms with van der Waals surface area (Å²) in [6, 6.07) is 9.94. The molecule has 0 radical (unpaired) electrons. The van der Waals surface area contributed by atoms with Gasteiger partial charge >= 0.3 is 0 Å². The van der Waals surface area contributed by atoms with Gasteiger partial charge in [-0.15, -0.1) is 11.3 Å². The number of hydrogen-bond donors (Lipinski definition) is 2. The molecular formula is C25H30N4O6S2. The molecule has 3 aromatic rings. The average Bonchev–Trinajstić information content (AvgIpc) is 3.42. The Hall–Kier alpha value is -3.35. The molecular weight excluding hydrogens is 516 g/mol. The van der Waals surface area contributed by atoms with Crippen molar-refractivity contribution in [3.63, 3.8) is 0 Å². The molecule has 0 aliphatic carbocycles. The van der Waals surface area contributed by atoms with E-state index >= 15 is 0 Å². The molecule has 1 atom stereocenters. The molecule has 0 bridgehead atoms. The van der Waals surface area contributed by atoms with E-state index in [9.17, 15) is 13.2 Å². The van der Waals surface area contributed by atoms with E-state index in [0.29, 0.717) is 42.3 Å². The molecule has 1 aliphatic rings. The van der Waals surface area contributed by atoms with E-state index in [1.54, 1.807) is 19.2 Å². The van der Waals surface area contributed by atoms with E-state index in [4.69, 9.17) is 14.2 Å². The van der Waals surface area contributed by atoms with Gasteiger partial charge < -0.3 is 24.8 Å². The minimum Gasteiger partial charge on any atom is -0.495 e. The van der Waals surface area contributed by atoms with E-state index in [1.807, 2.05) is 17.5 Å². The standard InChI is InChI=1S/C25H30N4O6S2/c1-26-25-28-20(15-36-25)16-7-9-21(33-2)19(12-16)27-24(30)17-6-5-11-29(14-17)37(31,32)18-8-10-22(34-3)23(13-18)35-4/h7-10,12-13,15,17H,5-6,11,14H2,1-4H3,(H,26,28)(H,27,30)/t17-/m0/s1. The van der Waals surface area contributed by atoms with Crippen LogP contribution < -0.4 is 24.8 Å². The number of aromatic nitrogens is 1. The Balaban J connectivity index is 1.52. The summed E-state index contributed by atoms with van der Waals surface area (Å²) < 4.78 is 44.0. The van der Waals surface area contributed by atoms with Crippen molar-refractivity contribution in [3.8, 4) is 28.5 Å². The number of nitrogens with one attached hydrogen (secondary N) is 2. The molecule has 2 aromatic carbocycles. The van der Waals surface area contributed by atoms with Crippen molar-refractivity contribution in [1.29, 1.82) is 0 Å². The number of amides is 1. The van der Waals surface area contributed by atoms with E-state index in [2.05, 4.69) is 15.6 Å². The number of anilines is 2. The molecule has 1 aliphatic heterocycles. The number of ether oxygens (including phenoxy) is 3. The van der Waals surface area contributed by atoms with Crippen molar-refractivity contribution in [2.45, 2.75) is 17.7 Å². The first-order valence-corrected chi connectivity index (χ1v) is 14.0. The highest BCUT2D eigenvalue weighted by molar-refractivity contribution is 7.89. The second-order valence-electron chi connectivity index (χ2n) is 8.41. The summed E-state index contributed by atoms with van der Waals surface area (Å²) in [7, 11) is 2.44. The van der Waals surface area contributed by atoms with Crippen LogP contribution in [0.25, 0.3) is 11.3 Å². The van der Waals surface area contributed by atoms with Crippen molar-refractivity contribution in [2.24, 2.45) is 5.92 Å². The first-order valence-electron chi connectivity index (χ1n) is 11.7. The number of carbonyl (C=O) groups is 1. The first-order chi connectivity index (χ1) is 17.8.